The molecule has 5 saturated heterocycles. The van der Waals surface area contributed by atoms with Gasteiger partial charge in [-0.15, -0.1) is 12.4 Å². The van der Waals surface area contributed by atoms with Gasteiger partial charge in [0.1, 0.15) is 52.3 Å². The van der Waals surface area contributed by atoms with Gasteiger partial charge in [0.05, 0.1) is 56.3 Å². The summed E-state index contributed by atoms with van der Waals surface area (Å²) in [5.74, 6) is -0.130. The molecule has 12 heterocycles. The monoisotopic (exact) mass is 1710 g/mol. The first-order valence-corrected chi connectivity index (χ1v) is 40.3. The molecular weight excluding hydrogens is 1580 g/mol. The first-order valence-electron chi connectivity index (χ1n) is 38.7. The van der Waals surface area contributed by atoms with Crippen molar-refractivity contribution in [1.82, 2.24) is 50.3 Å². The first kappa shape index (κ1) is 98.2. The van der Waals surface area contributed by atoms with Crippen LogP contribution in [-0.4, -0.2) is 201 Å². The minimum Gasteiger partial charge on any atom is -0.624 e. The van der Waals surface area contributed by atoms with E-state index in [0.717, 1.165) is 104 Å². The number of imide groups is 1. The van der Waals surface area contributed by atoms with Gasteiger partial charge < -0.3 is 70.6 Å². The van der Waals surface area contributed by atoms with Gasteiger partial charge >= 0.3 is 18.9 Å². The van der Waals surface area contributed by atoms with E-state index in [1.165, 1.54) is 30.0 Å². The molecular formula is C81H126Br2ClLiN12O15. The zero-order valence-electron chi connectivity index (χ0n) is 71.2. The number of carbonyl (C=O) groups excluding carboxylic acids is 2. The van der Waals surface area contributed by atoms with Crippen LogP contribution in [0, 0.1) is 85.3 Å². The molecule has 8 aliphatic heterocycles. The summed E-state index contributed by atoms with van der Waals surface area (Å²) >= 11 is 6.61. The molecule has 4 aromatic rings. The van der Waals surface area contributed by atoms with Crippen LogP contribution in [0.4, 0.5) is 0 Å². The van der Waals surface area contributed by atoms with Crippen LogP contribution in [0.1, 0.15) is 252 Å². The Bertz CT molecular complexity index is 3900. The second kappa shape index (κ2) is 39.0. The Labute approximate surface area is 699 Å². The zero-order chi connectivity index (χ0) is 82.6. The van der Waals surface area contributed by atoms with Crippen LogP contribution < -0.4 is 24.2 Å². The molecule has 0 aromatic carbocycles. The van der Waals surface area contributed by atoms with E-state index in [2.05, 4.69) is 124 Å². The van der Waals surface area contributed by atoms with Gasteiger partial charge in [0.2, 0.25) is 5.91 Å². The van der Waals surface area contributed by atoms with E-state index < -0.39 is 63.8 Å². The van der Waals surface area contributed by atoms with Crippen LogP contribution in [0.15, 0.2) is 50.4 Å². The quantitative estimate of drug-likeness (QED) is 0.0342. The van der Waals surface area contributed by atoms with Crippen LogP contribution >= 0.6 is 44.3 Å². The topological polar surface area (TPSA) is 346 Å². The summed E-state index contributed by atoms with van der Waals surface area (Å²) in [5, 5.41) is 55.2. The molecule has 622 valence electrons. The maximum atomic E-state index is 11.7. The third-order valence-corrected chi connectivity index (χ3v) is 23.5. The number of unbranched alkanes of at least 4 members (excludes halogenated alkanes) is 1. The number of aryl methyl sites for hydroxylation is 8. The van der Waals surface area contributed by atoms with E-state index in [4.69, 9.17) is 43.0 Å². The van der Waals surface area contributed by atoms with Crippen molar-refractivity contribution in [3.63, 3.8) is 0 Å². The molecule has 112 heavy (non-hydrogen) atoms. The van der Waals surface area contributed by atoms with Crippen molar-refractivity contribution in [1.29, 1.82) is 0 Å². The van der Waals surface area contributed by atoms with E-state index in [-0.39, 0.29) is 110 Å². The minimum atomic E-state index is -1.48. The Balaban J connectivity index is 0.000000236. The molecule has 0 unspecified atom stereocenters. The number of halogens is 3. The number of fused-ring (bicyclic) bond motifs is 4. The largest absolute Gasteiger partial charge is 1.00 e. The molecule has 5 N–H and O–H groups in total. The number of aliphatic imine (C=N–C) groups is 1. The predicted octanol–water partition coefficient (Wildman–Crippen LogP) is 10.5. The summed E-state index contributed by atoms with van der Waals surface area (Å²) in [5.41, 5.74) is 3.07. The minimum absolute atomic E-state index is 0. The van der Waals surface area contributed by atoms with Crippen LogP contribution in [0.25, 0.3) is 0 Å². The molecule has 31 heteroatoms. The predicted molar refractivity (Wildman–Crippen MR) is 432 cm³/mol. The third kappa shape index (κ3) is 22.5. The van der Waals surface area contributed by atoms with Crippen molar-refractivity contribution in [2.75, 3.05) is 6.61 Å². The molecule has 7 fully saturated rings. The average Bonchev–Trinajstić information content (AvgIpc) is 1.55. The normalized spacial score (nSPS) is 33.8. The molecule has 2 aliphatic carbocycles. The summed E-state index contributed by atoms with van der Waals surface area (Å²) in [6.07, 6.45) is 18.6. The molecule has 2 amide bonds. The van der Waals surface area contributed by atoms with Crippen molar-refractivity contribution < 1.29 is 91.6 Å². The molecule has 14 rings (SSSR count). The van der Waals surface area contributed by atoms with Gasteiger partial charge in [-0.25, -0.2) is 44.6 Å². The number of aliphatic hydroxyl groups is 3. The van der Waals surface area contributed by atoms with E-state index in [1.807, 2.05) is 151 Å². The molecule has 27 nitrogen and oxygen atoms in total. The molecule has 18 atom stereocenters. The summed E-state index contributed by atoms with van der Waals surface area (Å²) in [6.45, 7) is 54.5. The number of rotatable bonds is 9. The number of ether oxygens (including phenoxy) is 8. The maximum Gasteiger partial charge on any atom is 1.00 e. The number of hydrogen-bond donors (Lipinski definition) is 5. The van der Waals surface area contributed by atoms with E-state index in [1.54, 1.807) is 24.8 Å². The Kier molecular flexibility index (Phi) is 34.2. The van der Waals surface area contributed by atoms with Crippen LogP contribution in [0.3, 0.4) is 0 Å². The third-order valence-electron chi connectivity index (χ3n) is 21.9. The molecule has 4 aromatic heterocycles. The fourth-order valence-electron chi connectivity index (χ4n) is 17.0. The van der Waals surface area contributed by atoms with Crippen molar-refractivity contribution in [2.45, 2.75) is 350 Å². The number of carbonyl (C=O) groups is 2. The summed E-state index contributed by atoms with van der Waals surface area (Å²) in [6, 6.07) is -0.296. The second-order valence-corrected chi connectivity index (χ2v) is 34.7. The molecule has 0 spiro atoms. The van der Waals surface area contributed by atoms with Gasteiger partial charge in [-0.3, -0.25) is 19.9 Å². The Morgan fingerprint density at radius 1 is 0.598 bits per heavy atom. The number of aliphatic hydroxyl groups excluding tert-OH is 2. The number of hydroxylamine groups is 3. The summed E-state index contributed by atoms with van der Waals surface area (Å²) in [4.78, 5) is 61.1. The van der Waals surface area contributed by atoms with Crippen molar-refractivity contribution in [3.05, 3.63) is 115 Å². The fraction of sp³-hybridized carbons (Fsp3) is 0.716. The maximum absolute atomic E-state index is 11.7. The molecule has 2 saturated carbocycles. The number of nitrogens with zero attached hydrogens (tertiary/aromatic N) is 11. The average molecular weight is 1710 g/mol. The molecule has 0 radical (unpaired) electrons. The van der Waals surface area contributed by atoms with E-state index >= 15 is 0 Å². The van der Waals surface area contributed by atoms with Crippen molar-refractivity contribution in [2.24, 2.45) is 22.7 Å². The summed E-state index contributed by atoms with van der Waals surface area (Å²) in [7, 11) is 0. The van der Waals surface area contributed by atoms with Crippen LogP contribution in [0.2, 0.25) is 0 Å². The fourth-order valence-corrected chi connectivity index (χ4v) is 17.3. The van der Waals surface area contributed by atoms with Gasteiger partial charge in [0, 0.05) is 90.7 Å². The van der Waals surface area contributed by atoms with Crippen LogP contribution in [-0.2, 0) is 47.5 Å². The van der Waals surface area contributed by atoms with Crippen LogP contribution in [0.5, 0.6) is 0 Å². The zero-order valence-corrected chi connectivity index (χ0v) is 75.2. The summed E-state index contributed by atoms with van der Waals surface area (Å²) < 4.78 is 51.0. The van der Waals surface area contributed by atoms with Gasteiger partial charge in [-0.2, -0.15) is 11.5 Å². The smallest absolute Gasteiger partial charge is 0.624 e. The number of hydrogen-bond acceptors (Lipinski definition) is 25. The number of aromatic nitrogens is 8. The van der Waals surface area contributed by atoms with Crippen molar-refractivity contribution in [3.8, 4) is 0 Å². The molecule has 0 bridgehead atoms. The van der Waals surface area contributed by atoms with Gasteiger partial charge in [-0.05, 0) is 214 Å². The first-order chi connectivity index (χ1) is 51.0. The standard InChI is InChI=1S/C17H26N2O2.C16H25N3O3.C12H17NO5.C10H17NO3.C10H17NO2.2C6H7BrN2.C4H9.ClH.Li/c1-7-12-8-14(13-9-18-11(3)19-10(13)2)17(6)15(12)20-16(4,5)21-17;1-7-12-14-16(6,22-15(4,5)21-14)13(19(12)20)11-8-17-10(3)18-9(11)2;1-12(18)8(4-6(5-14)10(12)16)7-2-3-9(15)13-11(7)17;1-5-7-8-10(4,6-11(7)12)14-9(2,3)13-8;1-5-7-8-10(4,6-11-7)13-9(2,3)12-8;2*1-4-6(7)3-8-5(2)9-4;1-3-4-2;;/h9,12,14-15H,7-8H2,1-6H3;8,12-14,20H,7H2,1-6H3;2,6,8,10,14,16,18H,3-5H2,1H3,(H,13,15,17);6-8H,5H2,1-4H3;6-8H,5H2,1-4H3;2*3H,1-2H3;1,3-4H2,2H3;1H;/q;;;;;;;-1;;+1/t12-,14-,15+,17-;12-,13+,14-,16+;6-,8+,10-,12+;2*7-,8-,10+;;;;;/m01111...../s1. The van der Waals surface area contributed by atoms with Gasteiger partial charge in [0.25, 0.3) is 5.91 Å². The van der Waals surface area contributed by atoms with Gasteiger partial charge in [0.15, 0.2) is 47.1 Å². The Hall–Kier alpha value is -4.33. The number of nitrogens with one attached hydrogen (secondary N) is 1. The van der Waals surface area contributed by atoms with Crippen molar-refractivity contribution >= 4 is 68.5 Å². The SMILES string of the molecule is CC[C@@H]1[C@H]2OC(C)(C)O[C@@]2(C)C=[N+]1[O-].CC[C@@H]1[C@H]2OC(C)(C)O[C@@]2(C)[C@H](c2cnc(C)nc2C)N1O.CC[C@H]1C[C@@H](c2cnc(C)nc2C)[C@]2(C)OC(C)(C)O[C@H]12.CC[C@H]1N=C[C@]2(C)OC(C)(C)O[C@H]12.C[C@@]1(O)[C@H](O)[C@@H](CO)C[C@H]1C1=CCC(=O)NC1=O.Cc1ncc(Br)c(C)n1.Cc1ncc(Br)c(C)n1.Cl.[CH2-]CCC.[Li+]. The number of amides is 2. The second-order valence-electron chi connectivity index (χ2n) is 32.9. The van der Waals surface area contributed by atoms with Gasteiger partial charge in [-0.1, -0.05) is 53.5 Å². The Morgan fingerprint density at radius 3 is 1.48 bits per heavy atom. The molecule has 10 aliphatic rings. The van der Waals surface area contributed by atoms with E-state index in [0.29, 0.717) is 23.8 Å². The Morgan fingerprint density at radius 2 is 1.04 bits per heavy atom. The van der Waals surface area contributed by atoms with E-state index in [9.17, 15) is 30.2 Å².